The second kappa shape index (κ2) is 8.74. The Morgan fingerprint density at radius 1 is 1.27 bits per heavy atom. The summed E-state index contributed by atoms with van der Waals surface area (Å²) in [6, 6.07) is 7.33. The summed E-state index contributed by atoms with van der Waals surface area (Å²) in [7, 11) is 0. The molecule has 0 aromatic heterocycles. The van der Waals surface area contributed by atoms with Gasteiger partial charge in [0.15, 0.2) is 0 Å². The van der Waals surface area contributed by atoms with Crippen molar-refractivity contribution >= 4 is 17.6 Å². The quantitative estimate of drug-likeness (QED) is 0.823. The van der Waals surface area contributed by atoms with Crippen molar-refractivity contribution in [2.24, 2.45) is 0 Å². The van der Waals surface area contributed by atoms with Gasteiger partial charge in [0.1, 0.15) is 18.9 Å². The van der Waals surface area contributed by atoms with Gasteiger partial charge in [0.2, 0.25) is 5.91 Å². The second-order valence-corrected chi connectivity index (χ2v) is 6.86. The van der Waals surface area contributed by atoms with E-state index in [1.165, 1.54) is 19.3 Å². The van der Waals surface area contributed by atoms with E-state index in [2.05, 4.69) is 11.9 Å². The minimum atomic E-state index is -0.248. The summed E-state index contributed by atoms with van der Waals surface area (Å²) >= 11 is 0. The third-order valence-electron chi connectivity index (χ3n) is 5.01. The highest BCUT2D eigenvalue weighted by molar-refractivity contribution is 5.93. The molecule has 1 saturated carbocycles. The molecule has 140 valence electrons. The van der Waals surface area contributed by atoms with Crippen molar-refractivity contribution < 1.29 is 14.3 Å². The average molecular weight is 357 g/mol. The maximum atomic E-state index is 12.5. The molecule has 0 bridgehead atoms. The Morgan fingerprint density at radius 2 is 2.08 bits per heavy atom. The normalized spacial score (nSPS) is 18.5. The fourth-order valence-electron chi connectivity index (χ4n) is 3.66. The Kier molecular flexibility index (Phi) is 6.15. The number of benzene rings is 1. The summed E-state index contributed by atoms with van der Waals surface area (Å²) < 4.78 is 5.48. The van der Waals surface area contributed by atoms with Crippen molar-refractivity contribution in [3.8, 4) is 5.75 Å². The fraction of sp³-hybridized carbons (Fsp3) is 0.500. The van der Waals surface area contributed by atoms with Gasteiger partial charge in [-0.2, -0.15) is 0 Å². The molecule has 6 nitrogen and oxygen atoms in total. The van der Waals surface area contributed by atoms with Gasteiger partial charge in [-0.15, -0.1) is 0 Å². The van der Waals surface area contributed by atoms with Crippen molar-refractivity contribution in [1.82, 2.24) is 9.80 Å². The predicted molar refractivity (Wildman–Crippen MR) is 101 cm³/mol. The number of rotatable bonds is 5. The molecule has 2 fully saturated rings. The van der Waals surface area contributed by atoms with Crippen LogP contribution in [0.2, 0.25) is 0 Å². The number of anilines is 1. The third kappa shape index (κ3) is 4.56. The first-order valence-corrected chi connectivity index (χ1v) is 9.36. The van der Waals surface area contributed by atoms with Crippen LogP contribution >= 0.6 is 0 Å². The summed E-state index contributed by atoms with van der Waals surface area (Å²) in [4.78, 5) is 28.6. The molecular weight excluding hydrogens is 330 g/mol. The molecule has 2 aliphatic rings. The van der Waals surface area contributed by atoms with E-state index in [0.29, 0.717) is 37.2 Å². The van der Waals surface area contributed by atoms with Gasteiger partial charge >= 0.3 is 6.03 Å². The first-order chi connectivity index (χ1) is 12.7. The summed E-state index contributed by atoms with van der Waals surface area (Å²) in [6.07, 6.45) is 7.52. The predicted octanol–water partition coefficient (Wildman–Crippen LogP) is 3.26. The van der Waals surface area contributed by atoms with Crippen LogP contribution in [-0.2, 0) is 4.79 Å². The number of urea groups is 1. The number of amides is 3. The van der Waals surface area contributed by atoms with Gasteiger partial charge in [-0.1, -0.05) is 38.0 Å². The maximum absolute atomic E-state index is 12.5. The van der Waals surface area contributed by atoms with Gasteiger partial charge in [-0.05, 0) is 25.0 Å². The minimum absolute atomic E-state index is 0.0568. The summed E-state index contributed by atoms with van der Waals surface area (Å²) in [5.41, 5.74) is 0.652. The Labute approximate surface area is 154 Å². The van der Waals surface area contributed by atoms with Gasteiger partial charge in [-0.25, -0.2) is 4.79 Å². The average Bonchev–Trinajstić information content (AvgIpc) is 2.67. The first-order valence-electron chi connectivity index (χ1n) is 9.36. The molecule has 26 heavy (non-hydrogen) atoms. The number of carbonyl (C=O) groups excluding carboxylic acids is 2. The lowest BCUT2D eigenvalue weighted by Gasteiger charge is -2.40. The van der Waals surface area contributed by atoms with E-state index in [1.54, 1.807) is 23.1 Å². The molecule has 1 aliphatic carbocycles. The first kappa shape index (κ1) is 18.3. The van der Waals surface area contributed by atoms with Crippen molar-refractivity contribution in [2.45, 2.75) is 38.1 Å². The highest BCUT2D eigenvalue weighted by Crippen LogP contribution is 2.24. The molecule has 1 aromatic carbocycles. The molecular formula is C20H27N3O3. The molecule has 3 rings (SSSR count). The smallest absolute Gasteiger partial charge is 0.322 e. The Hall–Kier alpha value is -2.50. The molecule has 1 aliphatic heterocycles. The van der Waals surface area contributed by atoms with Crippen LogP contribution in [0.1, 0.15) is 32.1 Å². The molecule has 6 heteroatoms. The number of carbonyl (C=O) groups is 2. The molecule has 1 aromatic rings. The number of ether oxygens (including phenoxy) is 1. The topological polar surface area (TPSA) is 61.9 Å². The van der Waals surface area contributed by atoms with E-state index in [4.69, 9.17) is 4.74 Å². The van der Waals surface area contributed by atoms with Crippen LogP contribution in [0.4, 0.5) is 10.5 Å². The lowest BCUT2D eigenvalue weighted by Crippen LogP contribution is -2.56. The third-order valence-corrected chi connectivity index (χ3v) is 5.01. The number of nitrogens with zero attached hydrogens (tertiary/aromatic N) is 2. The van der Waals surface area contributed by atoms with Crippen molar-refractivity contribution in [2.75, 3.05) is 31.6 Å². The Morgan fingerprint density at radius 3 is 2.81 bits per heavy atom. The summed E-state index contributed by atoms with van der Waals surface area (Å²) in [6.45, 7) is 5.37. The zero-order valence-corrected chi connectivity index (χ0v) is 15.2. The van der Waals surface area contributed by atoms with Crippen molar-refractivity contribution in [3.63, 3.8) is 0 Å². The van der Waals surface area contributed by atoms with Crippen LogP contribution in [0.15, 0.2) is 36.9 Å². The Balaban J connectivity index is 1.54. The van der Waals surface area contributed by atoms with Crippen LogP contribution in [0.5, 0.6) is 5.75 Å². The number of nitrogens with one attached hydrogen (secondary N) is 1. The van der Waals surface area contributed by atoms with Gasteiger partial charge in [0, 0.05) is 30.9 Å². The van der Waals surface area contributed by atoms with Gasteiger partial charge in [0.25, 0.3) is 0 Å². The molecule has 1 saturated heterocycles. The van der Waals surface area contributed by atoms with Crippen LogP contribution in [0.3, 0.4) is 0 Å². The van der Waals surface area contributed by atoms with E-state index in [-0.39, 0.29) is 18.5 Å². The van der Waals surface area contributed by atoms with Gasteiger partial charge in [0.05, 0.1) is 0 Å². The highest BCUT2D eigenvalue weighted by Gasteiger charge is 2.32. The zero-order valence-electron chi connectivity index (χ0n) is 15.2. The second-order valence-electron chi connectivity index (χ2n) is 6.86. The van der Waals surface area contributed by atoms with E-state index < -0.39 is 0 Å². The lowest BCUT2D eigenvalue weighted by molar-refractivity contribution is -0.138. The minimum Gasteiger partial charge on any atom is -0.489 e. The van der Waals surface area contributed by atoms with E-state index in [0.717, 1.165) is 12.8 Å². The standard InChI is InChI=1S/C20H27N3O3/c1-2-13-26-18-10-6-7-16(14-18)21-20(25)22-11-12-23(19(24)15-22)17-8-4-3-5-9-17/h2,6-7,10,14,17H,1,3-5,8-9,11-13,15H2,(H,21,25). The molecule has 1 heterocycles. The van der Waals surface area contributed by atoms with Crippen LogP contribution in [-0.4, -0.2) is 54.0 Å². The van der Waals surface area contributed by atoms with Crippen LogP contribution < -0.4 is 10.1 Å². The van der Waals surface area contributed by atoms with Crippen molar-refractivity contribution in [1.29, 1.82) is 0 Å². The lowest BCUT2D eigenvalue weighted by atomic mass is 9.93. The molecule has 0 unspecified atom stereocenters. The van der Waals surface area contributed by atoms with E-state index in [1.807, 2.05) is 17.0 Å². The largest absolute Gasteiger partial charge is 0.489 e. The fourth-order valence-corrected chi connectivity index (χ4v) is 3.66. The molecule has 3 amide bonds. The molecule has 0 radical (unpaired) electrons. The van der Waals surface area contributed by atoms with E-state index >= 15 is 0 Å². The molecule has 0 spiro atoms. The summed E-state index contributed by atoms with van der Waals surface area (Å²) in [5, 5.41) is 2.85. The zero-order chi connectivity index (χ0) is 18.4. The molecule has 0 atom stereocenters. The van der Waals surface area contributed by atoms with Gasteiger partial charge < -0.3 is 19.9 Å². The van der Waals surface area contributed by atoms with E-state index in [9.17, 15) is 9.59 Å². The SMILES string of the molecule is C=CCOc1cccc(NC(=O)N2CCN(C3CCCCC3)C(=O)C2)c1. The highest BCUT2D eigenvalue weighted by atomic mass is 16.5. The molecule has 1 N–H and O–H groups in total. The van der Waals surface area contributed by atoms with Crippen LogP contribution in [0.25, 0.3) is 0 Å². The monoisotopic (exact) mass is 357 g/mol. The number of hydrogen-bond acceptors (Lipinski definition) is 3. The summed E-state index contributed by atoms with van der Waals surface area (Å²) in [5.74, 6) is 0.724. The van der Waals surface area contributed by atoms with Crippen molar-refractivity contribution in [3.05, 3.63) is 36.9 Å². The maximum Gasteiger partial charge on any atom is 0.322 e. The number of piperazine rings is 1. The van der Waals surface area contributed by atoms with Gasteiger partial charge in [-0.3, -0.25) is 4.79 Å². The van der Waals surface area contributed by atoms with Crippen LogP contribution in [0, 0.1) is 0 Å². The Bertz CT molecular complexity index is 655. The number of hydrogen-bond donors (Lipinski definition) is 1.